The predicted molar refractivity (Wildman–Crippen MR) is 88.2 cm³/mol. The average molecular weight is 312 g/mol. The Bertz CT molecular complexity index is 467. The first kappa shape index (κ1) is 14.9. The summed E-state index contributed by atoms with van der Waals surface area (Å²) in [6, 6.07) is 12.4. The molecule has 19 heavy (non-hydrogen) atoms. The van der Waals surface area contributed by atoms with E-state index in [0.29, 0.717) is 5.25 Å². The van der Waals surface area contributed by atoms with Crippen molar-refractivity contribution in [2.24, 2.45) is 0 Å². The number of benzene rings is 1. The molecule has 1 unspecified atom stereocenters. The molecule has 0 aliphatic heterocycles. The maximum atomic E-state index is 5.88. The van der Waals surface area contributed by atoms with Gasteiger partial charge in [0.25, 0.3) is 0 Å². The Kier molecular flexibility index (Phi) is 6.24. The Morgan fingerprint density at radius 1 is 1.26 bits per heavy atom. The van der Waals surface area contributed by atoms with E-state index in [0.717, 1.165) is 23.9 Å². The molecule has 1 atom stereocenters. The van der Waals surface area contributed by atoms with E-state index in [2.05, 4.69) is 41.9 Å². The maximum Gasteiger partial charge on any atom is 0.0406 e. The smallest absolute Gasteiger partial charge is 0.0406 e. The number of hydrogen-bond acceptors (Lipinski definition) is 3. The van der Waals surface area contributed by atoms with Gasteiger partial charge in [-0.25, -0.2) is 0 Å². The average Bonchev–Trinajstić information content (AvgIpc) is 2.91. The van der Waals surface area contributed by atoms with E-state index in [1.165, 1.54) is 10.4 Å². The molecule has 0 saturated heterocycles. The zero-order valence-electron chi connectivity index (χ0n) is 10.9. The van der Waals surface area contributed by atoms with Crippen molar-refractivity contribution in [1.82, 2.24) is 5.32 Å². The normalized spacial score (nSPS) is 12.5. The largest absolute Gasteiger partial charge is 0.311 e. The molecular formula is C15H18ClNS2. The van der Waals surface area contributed by atoms with E-state index in [1.807, 2.05) is 23.9 Å². The first-order valence-electron chi connectivity index (χ1n) is 6.33. The van der Waals surface area contributed by atoms with Crippen LogP contribution in [0.1, 0.15) is 17.4 Å². The van der Waals surface area contributed by atoms with Gasteiger partial charge in [0.05, 0.1) is 0 Å². The summed E-state index contributed by atoms with van der Waals surface area (Å²) in [6.07, 6.45) is 0. The highest BCUT2D eigenvalue weighted by Gasteiger charge is 2.03. The van der Waals surface area contributed by atoms with Gasteiger partial charge in [0.15, 0.2) is 0 Å². The maximum absolute atomic E-state index is 5.88. The Morgan fingerprint density at radius 2 is 2.05 bits per heavy atom. The fourth-order valence-corrected chi connectivity index (χ4v) is 3.40. The standard InChI is InChI=1S/C15H18ClNS2/c1-12(9-17-10-15-3-2-8-18-15)19-11-13-4-6-14(16)7-5-13/h2-8,12,17H,9-11H2,1H3. The lowest BCUT2D eigenvalue weighted by Gasteiger charge is -2.12. The highest BCUT2D eigenvalue weighted by atomic mass is 35.5. The van der Waals surface area contributed by atoms with Gasteiger partial charge in [0.2, 0.25) is 0 Å². The van der Waals surface area contributed by atoms with Crippen LogP contribution in [-0.4, -0.2) is 11.8 Å². The van der Waals surface area contributed by atoms with E-state index >= 15 is 0 Å². The molecule has 0 amide bonds. The lowest BCUT2D eigenvalue weighted by molar-refractivity contribution is 0.690. The van der Waals surface area contributed by atoms with Crippen LogP contribution in [0.3, 0.4) is 0 Å². The minimum absolute atomic E-state index is 0.607. The fraction of sp³-hybridized carbons (Fsp3) is 0.333. The highest BCUT2D eigenvalue weighted by Crippen LogP contribution is 2.19. The molecule has 0 aliphatic carbocycles. The first-order chi connectivity index (χ1) is 9.24. The first-order valence-corrected chi connectivity index (χ1v) is 8.64. The molecule has 4 heteroatoms. The number of nitrogens with one attached hydrogen (secondary N) is 1. The van der Waals surface area contributed by atoms with Gasteiger partial charge < -0.3 is 5.32 Å². The Morgan fingerprint density at radius 3 is 2.74 bits per heavy atom. The topological polar surface area (TPSA) is 12.0 Å². The van der Waals surface area contributed by atoms with Gasteiger partial charge in [0.1, 0.15) is 0 Å². The van der Waals surface area contributed by atoms with Gasteiger partial charge in [0, 0.05) is 34.0 Å². The molecule has 0 saturated carbocycles. The second-order valence-electron chi connectivity index (χ2n) is 4.46. The summed E-state index contributed by atoms with van der Waals surface area (Å²) in [5.41, 5.74) is 1.33. The van der Waals surface area contributed by atoms with Crippen molar-refractivity contribution < 1.29 is 0 Å². The van der Waals surface area contributed by atoms with Crippen LogP contribution >= 0.6 is 34.7 Å². The second-order valence-corrected chi connectivity index (χ2v) is 7.35. The lowest BCUT2D eigenvalue weighted by atomic mass is 10.2. The minimum Gasteiger partial charge on any atom is -0.311 e. The van der Waals surface area contributed by atoms with Gasteiger partial charge in [-0.2, -0.15) is 11.8 Å². The summed E-state index contributed by atoms with van der Waals surface area (Å²) in [4.78, 5) is 1.40. The molecule has 1 heterocycles. The van der Waals surface area contributed by atoms with Crippen LogP contribution in [0.5, 0.6) is 0 Å². The molecular weight excluding hydrogens is 294 g/mol. The zero-order chi connectivity index (χ0) is 13.5. The van der Waals surface area contributed by atoms with Gasteiger partial charge >= 0.3 is 0 Å². The van der Waals surface area contributed by atoms with Crippen molar-refractivity contribution in [1.29, 1.82) is 0 Å². The molecule has 0 radical (unpaired) electrons. The number of halogens is 1. The van der Waals surface area contributed by atoms with Gasteiger partial charge in [-0.15, -0.1) is 11.3 Å². The van der Waals surface area contributed by atoms with E-state index in [-0.39, 0.29) is 0 Å². The number of rotatable bonds is 7. The third kappa shape index (κ3) is 5.57. The molecule has 2 rings (SSSR count). The summed E-state index contributed by atoms with van der Waals surface area (Å²) in [7, 11) is 0. The highest BCUT2D eigenvalue weighted by molar-refractivity contribution is 7.99. The summed E-state index contributed by atoms with van der Waals surface area (Å²) in [6.45, 7) is 4.28. The Labute approximate surface area is 128 Å². The summed E-state index contributed by atoms with van der Waals surface area (Å²) < 4.78 is 0. The van der Waals surface area contributed by atoms with Crippen LogP contribution in [0.4, 0.5) is 0 Å². The molecule has 102 valence electrons. The van der Waals surface area contributed by atoms with Gasteiger partial charge in [-0.1, -0.05) is 36.7 Å². The second kappa shape index (κ2) is 7.95. The van der Waals surface area contributed by atoms with Crippen molar-refractivity contribution in [2.45, 2.75) is 24.5 Å². The van der Waals surface area contributed by atoms with Crippen LogP contribution in [0.25, 0.3) is 0 Å². The molecule has 0 aliphatic rings. The summed E-state index contributed by atoms with van der Waals surface area (Å²) >= 11 is 9.65. The quantitative estimate of drug-likeness (QED) is 0.787. The third-order valence-corrected chi connectivity index (χ3v) is 5.12. The minimum atomic E-state index is 0.607. The van der Waals surface area contributed by atoms with E-state index in [4.69, 9.17) is 11.6 Å². The van der Waals surface area contributed by atoms with Crippen molar-refractivity contribution in [3.8, 4) is 0 Å². The predicted octanol–water partition coefficient (Wildman–Crippen LogP) is 4.81. The molecule has 1 aromatic heterocycles. The molecule has 1 N–H and O–H groups in total. The van der Waals surface area contributed by atoms with Crippen molar-refractivity contribution in [3.63, 3.8) is 0 Å². The SMILES string of the molecule is CC(CNCc1cccs1)SCc1ccc(Cl)cc1. The zero-order valence-corrected chi connectivity index (χ0v) is 13.3. The Hall–Kier alpha value is -0.480. The van der Waals surface area contributed by atoms with E-state index in [9.17, 15) is 0 Å². The number of thiophene rings is 1. The van der Waals surface area contributed by atoms with Crippen molar-refractivity contribution in [3.05, 3.63) is 57.2 Å². The van der Waals surface area contributed by atoms with Crippen LogP contribution in [0.15, 0.2) is 41.8 Å². The third-order valence-electron chi connectivity index (χ3n) is 2.76. The number of thioether (sulfide) groups is 1. The van der Waals surface area contributed by atoms with Crippen LogP contribution in [-0.2, 0) is 12.3 Å². The van der Waals surface area contributed by atoms with Crippen LogP contribution < -0.4 is 5.32 Å². The molecule has 1 aromatic carbocycles. The van der Waals surface area contributed by atoms with Crippen LogP contribution in [0.2, 0.25) is 5.02 Å². The molecule has 0 spiro atoms. The molecule has 1 nitrogen and oxygen atoms in total. The molecule has 2 aromatic rings. The van der Waals surface area contributed by atoms with Crippen molar-refractivity contribution in [2.75, 3.05) is 6.54 Å². The van der Waals surface area contributed by atoms with Gasteiger partial charge in [-0.3, -0.25) is 0 Å². The van der Waals surface area contributed by atoms with Crippen molar-refractivity contribution >= 4 is 34.7 Å². The Balaban J connectivity index is 1.64. The molecule has 0 bridgehead atoms. The summed E-state index contributed by atoms with van der Waals surface area (Å²) in [5, 5.41) is 7.03. The molecule has 0 fully saturated rings. The van der Waals surface area contributed by atoms with E-state index < -0.39 is 0 Å². The van der Waals surface area contributed by atoms with E-state index in [1.54, 1.807) is 11.3 Å². The number of hydrogen-bond donors (Lipinski definition) is 1. The van der Waals surface area contributed by atoms with Gasteiger partial charge in [-0.05, 0) is 29.1 Å². The fourth-order valence-electron chi connectivity index (χ4n) is 1.69. The van der Waals surface area contributed by atoms with Crippen LogP contribution in [0, 0.1) is 0 Å². The monoisotopic (exact) mass is 311 g/mol. The summed E-state index contributed by atoms with van der Waals surface area (Å²) in [5.74, 6) is 1.04. The lowest BCUT2D eigenvalue weighted by Crippen LogP contribution is -2.21.